The monoisotopic (exact) mass is 263 g/mol. The summed E-state index contributed by atoms with van der Waals surface area (Å²) in [5.41, 5.74) is 6.89. The largest absolute Gasteiger partial charge is 0.490 e. The van der Waals surface area contributed by atoms with Crippen LogP contribution in [0.4, 0.5) is 0 Å². The van der Waals surface area contributed by atoms with Crippen molar-refractivity contribution in [3.8, 4) is 5.75 Å². The lowest BCUT2D eigenvalue weighted by Gasteiger charge is -2.26. The van der Waals surface area contributed by atoms with Crippen LogP contribution in [0.3, 0.4) is 0 Å². The van der Waals surface area contributed by atoms with Gasteiger partial charge in [0.1, 0.15) is 5.75 Å². The summed E-state index contributed by atoms with van der Waals surface area (Å²) < 4.78 is 5.91. The number of hydrogen-bond donors (Lipinski definition) is 2. The zero-order valence-corrected chi connectivity index (χ0v) is 11.0. The third kappa shape index (κ3) is 4.56. The van der Waals surface area contributed by atoms with Gasteiger partial charge >= 0.3 is 5.97 Å². The number of benzene rings is 1. The molecule has 1 aliphatic rings. The molecule has 3 N–H and O–H groups in total. The van der Waals surface area contributed by atoms with E-state index in [0.717, 1.165) is 37.0 Å². The zero-order chi connectivity index (χ0) is 13.7. The van der Waals surface area contributed by atoms with Crippen LogP contribution in [0, 0.1) is 0 Å². The Hall–Kier alpha value is -1.55. The van der Waals surface area contributed by atoms with Crippen LogP contribution in [0.25, 0.3) is 0 Å². The molecular formula is C15H21NO3. The molecule has 1 aliphatic carbocycles. The Balaban J connectivity index is 1.83. The van der Waals surface area contributed by atoms with Crippen LogP contribution in [0.1, 0.15) is 37.7 Å². The maximum atomic E-state index is 10.5. The summed E-state index contributed by atoms with van der Waals surface area (Å²) in [5.74, 6) is 0.0958. The summed E-state index contributed by atoms with van der Waals surface area (Å²) in [7, 11) is 0. The smallest absolute Gasteiger partial charge is 0.303 e. The quantitative estimate of drug-likeness (QED) is 0.855. The first-order chi connectivity index (χ1) is 9.13. The number of carboxylic acid groups (broad SMARTS) is 1. The van der Waals surface area contributed by atoms with Crippen molar-refractivity contribution in [3.05, 3.63) is 29.8 Å². The Morgan fingerprint density at radius 3 is 2.42 bits per heavy atom. The number of ether oxygens (including phenoxy) is 1. The molecule has 2 rings (SSSR count). The summed E-state index contributed by atoms with van der Waals surface area (Å²) in [6.07, 6.45) is 5.09. The molecular weight excluding hydrogens is 242 g/mol. The lowest BCUT2D eigenvalue weighted by Crippen LogP contribution is -2.31. The van der Waals surface area contributed by atoms with Gasteiger partial charge in [0.25, 0.3) is 0 Å². The fourth-order valence-corrected chi connectivity index (χ4v) is 2.38. The van der Waals surface area contributed by atoms with E-state index in [0.29, 0.717) is 12.5 Å². The average molecular weight is 263 g/mol. The van der Waals surface area contributed by atoms with E-state index >= 15 is 0 Å². The minimum absolute atomic E-state index is 0.167. The maximum Gasteiger partial charge on any atom is 0.303 e. The Morgan fingerprint density at radius 1 is 1.21 bits per heavy atom. The van der Waals surface area contributed by atoms with Crippen molar-refractivity contribution >= 4 is 5.97 Å². The first-order valence-corrected chi connectivity index (χ1v) is 6.86. The van der Waals surface area contributed by atoms with Crippen LogP contribution >= 0.6 is 0 Å². The minimum Gasteiger partial charge on any atom is -0.490 e. The summed E-state index contributed by atoms with van der Waals surface area (Å²) in [6.45, 7) is 0. The van der Waals surface area contributed by atoms with Crippen molar-refractivity contribution in [2.24, 2.45) is 5.73 Å². The maximum absolute atomic E-state index is 10.5. The molecule has 0 heterocycles. The summed E-state index contributed by atoms with van der Waals surface area (Å²) in [6, 6.07) is 8.05. The number of nitrogens with two attached hydrogens (primary N) is 1. The van der Waals surface area contributed by atoms with E-state index in [4.69, 9.17) is 15.6 Å². The van der Waals surface area contributed by atoms with Crippen LogP contribution in [0.15, 0.2) is 24.3 Å². The predicted octanol–water partition coefficient (Wildman–Crippen LogP) is 2.35. The van der Waals surface area contributed by atoms with E-state index in [1.54, 1.807) is 0 Å². The second-order valence-corrected chi connectivity index (χ2v) is 5.19. The fraction of sp³-hybridized carbons (Fsp3) is 0.533. The molecule has 0 bridgehead atoms. The number of aliphatic carboxylic acids is 1. The van der Waals surface area contributed by atoms with E-state index in [-0.39, 0.29) is 12.5 Å². The second-order valence-electron chi connectivity index (χ2n) is 5.19. The van der Waals surface area contributed by atoms with Gasteiger partial charge in [0, 0.05) is 12.5 Å². The molecule has 0 spiro atoms. The van der Waals surface area contributed by atoms with Gasteiger partial charge in [-0.25, -0.2) is 0 Å². The third-order valence-corrected chi connectivity index (χ3v) is 3.57. The van der Waals surface area contributed by atoms with Crippen LogP contribution in [0.5, 0.6) is 5.75 Å². The van der Waals surface area contributed by atoms with Crippen LogP contribution < -0.4 is 10.5 Å². The topological polar surface area (TPSA) is 72.5 Å². The van der Waals surface area contributed by atoms with Crippen molar-refractivity contribution in [1.29, 1.82) is 0 Å². The summed E-state index contributed by atoms with van der Waals surface area (Å²) in [4.78, 5) is 10.5. The van der Waals surface area contributed by atoms with Crippen molar-refractivity contribution in [1.82, 2.24) is 0 Å². The highest BCUT2D eigenvalue weighted by Gasteiger charge is 2.19. The Labute approximate surface area is 113 Å². The molecule has 0 amide bonds. The van der Waals surface area contributed by atoms with Crippen molar-refractivity contribution in [2.75, 3.05) is 0 Å². The van der Waals surface area contributed by atoms with Gasteiger partial charge in [-0.1, -0.05) is 12.1 Å². The standard InChI is InChI=1S/C15H21NO3/c16-12-4-8-14(9-5-12)19-13-6-1-11(2-7-13)3-10-15(17)18/h1-2,6-7,12,14H,3-5,8-10,16H2,(H,17,18). The molecule has 0 atom stereocenters. The van der Waals surface area contributed by atoms with Gasteiger partial charge in [-0.2, -0.15) is 0 Å². The van der Waals surface area contributed by atoms with Gasteiger partial charge in [-0.15, -0.1) is 0 Å². The number of carbonyl (C=O) groups is 1. The molecule has 0 radical (unpaired) electrons. The van der Waals surface area contributed by atoms with E-state index in [1.807, 2.05) is 24.3 Å². The van der Waals surface area contributed by atoms with Crippen molar-refractivity contribution in [2.45, 2.75) is 50.7 Å². The molecule has 0 unspecified atom stereocenters. The molecule has 0 saturated heterocycles. The lowest BCUT2D eigenvalue weighted by atomic mass is 9.94. The molecule has 4 heteroatoms. The summed E-state index contributed by atoms with van der Waals surface area (Å²) >= 11 is 0. The van der Waals surface area contributed by atoms with Gasteiger partial charge in [0.15, 0.2) is 0 Å². The van der Waals surface area contributed by atoms with Crippen LogP contribution in [0.2, 0.25) is 0 Å². The van der Waals surface area contributed by atoms with Crippen molar-refractivity contribution in [3.63, 3.8) is 0 Å². The highest BCUT2D eigenvalue weighted by molar-refractivity contribution is 5.67. The molecule has 0 aliphatic heterocycles. The Kier molecular flexibility index (Phi) is 4.80. The number of carboxylic acids is 1. The minimum atomic E-state index is -0.765. The Morgan fingerprint density at radius 2 is 1.84 bits per heavy atom. The molecule has 1 aromatic carbocycles. The molecule has 19 heavy (non-hydrogen) atoms. The van der Waals surface area contributed by atoms with Gasteiger partial charge in [0.2, 0.25) is 0 Å². The zero-order valence-electron chi connectivity index (χ0n) is 11.0. The van der Waals surface area contributed by atoms with Gasteiger partial charge in [-0.05, 0) is 49.8 Å². The van der Waals surface area contributed by atoms with Crippen molar-refractivity contribution < 1.29 is 14.6 Å². The molecule has 1 fully saturated rings. The Bertz CT molecular complexity index is 408. The van der Waals surface area contributed by atoms with E-state index < -0.39 is 5.97 Å². The number of hydrogen-bond acceptors (Lipinski definition) is 3. The van der Waals surface area contributed by atoms with Crippen LogP contribution in [-0.2, 0) is 11.2 Å². The van der Waals surface area contributed by atoms with E-state index in [9.17, 15) is 4.79 Å². The molecule has 0 aromatic heterocycles. The first kappa shape index (κ1) is 13.9. The normalized spacial score (nSPS) is 23.0. The second kappa shape index (κ2) is 6.57. The third-order valence-electron chi connectivity index (χ3n) is 3.57. The highest BCUT2D eigenvalue weighted by atomic mass is 16.5. The molecule has 104 valence electrons. The highest BCUT2D eigenvalue weighted by Crippen LogP contribution is 2.23. The molecule has 1 saturated carbocycles. The predicted molar refractivity (Wildman–Crippen MR) is 73.3 cm³/mol. The number of rotatable bonds is 5. The lowest BCUT2D eigenvalue weighted by molar-refractivity contribution is -0.136. The van der Waals surface area contributed by atoms with Gasteiger partial charge < -0.3 is 15.6 Å². The van der Waals surface area contributed by atoms with Crippen LogP contribution in [-0.4, -0.2) is 23.2 Å². The molecule has 1 aromatic rings. The fourth-order valence-electron chi connectivity index (χ4n) is 2.38. The van der Waals surface area contributed by atoms with Gasteiger partial charge in [0.05, 0.1) is 6.10 Å². The summed E-state index contributed by atoms with van der Waals surface area (Å²) in [5, 5.41) is 8.63. The van der Waals surface area contributed by atoms with E-state index in [2.05, 4.69) is 0 Å². The SMILES string of the molecule is NC1CCC(Oc2ccc(CCC(=O)O)cc2)CC1. The number of aryl methyl sites for hydroxylation is 1. The van der Waals surface area contributed by atoms with E-state index in [1.165, 1.54) is 0 Å². The first-order valence-electron chi connectivity index (χ1n) is 6.86. The molecule has 4 nitrogen and oxygen atoms in total. The van der Waals surface area contributed by atoms with Gasteiger partial charge in [-0.3, -0.25) is 4.79 Å². The average Bonchev–Trinajstić information content (AvgIpc) is 2.40.